The summed E-state index contributed by atoms with van der Waals surface area (Å²) in [5.41, 5.74) is 13.8. The van der Waals surface area contributed by atoms with Crippen LogP contribution in [0.1, 0.15) is 53.5 Å². The van der Waals surface area contributed by atoms with Gasteiger partial charge in [-0.3, -0.25) is 0 Å². The predicted octanol–water partition coefficient (Wildman–Crippen LogP) is 12.7. The van der Waals surface area contributed by atoms with Crippen LogP contribution in [0.4, 0.5) is 17.1 Å². The average molecular weight is 923 g/mol. The average Bonchev–Trinajstić information content (AvgIpc) is 3.93. The number of rotatable bonds is 7. The second-order valence-electron chi connectivity index (χ2n) is 15.6. The number of benzene rings is 6. The van der Waals surface area contributed by atoms with Crippen LogP contribution in [0.5, 0.6) is 11.5 Å². The molecule has 0 saturated heterocycles. The van der Waals surface area contributed by atoms with Crippen LogP contribution in [0.2, 0.25) is 0 Å². The number of fused-ring (bicyclic) bond motifs is 4. The second kappa shape index (κ2) is 14.7. The molecule has 0 bridgehead atoms. The quantitative estimate of drug-likeness (QED) is 0.149. The SMILES string of the molecule is Cc1cc(C)c(-c2cc(Oc3[c-]c4c(cc3)c3ccccc3n4-c3cc(C4(c5ccccc5)CCCC4)ccn3)[c-]c(N3[CH-]N(C)c4ccccc43)c2)c(C)c1.[Pt]. The summed E-state index contributed by atoms with van der Waals surface area (Å²) in [7, 11) is 2.08. The van der Waals surface area contributed by atoms with Crippen LogP contribution in [-0.2, 0) is 26.5 Å². The van der Waals surface area contributed by atoms with E-state index in [2.05, 4.69) is 182 Å². The fraction of sp³-hybridized carbons (Fsp3) is 0.176. The molecule has 0 radical (unpaired) electrons. The molecule has 2 aliphatic rings. The van der Waals surface area contributed by atoms with Gasteiger partial charge in [0.15, 0.2) is 0 Å². The van der Waals surface area contributed by atoms with Gasteiger partial charge in [-0.2, -0.15) is 12.7 Å². The van der Waals surface area contributed by atoms with E-state index in [4.69, 9.17) is 9.72 Å². The van der Waals surface area contributed by atoms with Crippen molar-refractivity contribution in [2.75, 3.05) is 16.8 Å². The van der Waals surface area contributed by atoms with Gasteiger partial charge in [-0.15, -0.1) is 47.0 Å². The fourth-order valence-corrected chi connectivity index (χ4v) is 9.56. The van der Waals surface area contributed by atoms with Crippen molar-refractivity contribution in [3.63, 3.8) is 0 Å². The summed E-state index contributed by atoms with van der Waals surface area (Å²) in [6.07, 6.45) is 6.69. The molecule has 1 saturated carbocycles. The molecular weight excluding hydrogens is 880 g/mol. The molecule has 1 fully saturated rings. The molecule has 6 heteroatoms. The van der Waals surface area contributed by atoms with E-state index in [1.165, 1.54) is 46.2 Å². The van der Waals surface area contributed by atoms with Crippen LogP contribution in [0.25, 0.3) is 38.8 Å². The van der Waals surface area contributed by atoms with Gasteiger partial charge >= 0.3 is 0 Å². The van der Waals surface area contributed by atoms with E-state index in [0.29, 0.717) is 11.5 Å². The first-order valence-electron chi connectivity index (χ1n) is 19.6. The van der Waals surface area contributed by atoms with E-state index in [1.807, 2.05) is 12.3 Å². The molecule has 1 aliphatic heterocycles. The third-order valence-electron chi connectivity index (χ3n) is 12.0. The molecular formula is C51H43N4OPt-3. The largest absolute Gasteiger partial charge is 0.509 e. The molecule has 0 spiro atoms. The van der Waals surface area contributed by atoms with Crippen LogP contribution in [0, 0.1) is 39.6 Å². The Morgan fingerprint density at radius 2 is 1.40 bits per heavy atom. The molecule has 0 N–H and O–H groups in total. The third kappa shape index (κ3) is 6.33. The fourth-order valence-electron chi connectivity index (χ4n) is 9.56. The molecule has 57 heavy (non-hydrogen) atoms. The molecule has 8 aromatic rings. The number of aryl methyl sites for hydroxylation is 3. The molecule has 286 valence electrons. The first kappa shape index (κ1) is 37.0. The topological polar surface area (TPSA) is 33.5 Å². The first-order valence-corrected chi connectivity index (χ1v) is 19.6. The molecule has 10 rings (SSSR count). The van der Waals surface area contributed by atoms with Gasteiger partial charge in [-0.25, -0.2) is 4.98 Å². The number of nitrogens with zero attached hydrogens (tertiary/aromatic N) is 4. The Hall–Kier alpha value is -5.64. The third-order valence-corrected chi connectivity index (χ3v) is 12.0. The van der Waals surface area contributed by atoms with Crippen LogP contribution < -0.4 is 14.5 Å². The minimum absolute atomic E-state index is 0. The monoisotopic (exact) mass is 922 g/mol. The smallest absolute Gasteiger partial charge is 0.135 e. The van der Waals surface area contributed by atoms with Crippen molar-refractivity contribution in [1.82, 2.24) is 9.55 Å². The maximum Gasteiger partial charge on any atom is 0.135 e. The van der Waals surface area contributed by atoms with Crippen molar-refractivity contribution < 1.29 is 25.8 Å². The molecule has 0 unspecified atom stereocenters. The minimum Gasteiger partial charge on any atom is -0.509 e. The van der Waals surface area contributed by atoms with Crippen LogP contribution in [-0.4, -0.2) is 16.6 Å². The van der Waals surface area contributed by atoms with Gasteiger partial charge in [0.1, 0.15) is 5.82 Å². The molecule has 1 aliphatic carbocycles. The Labute approximate surface area is 349 Å². The summed E-state index contributed by atoms with van der Waals surface area (Å²) in [5, 5.41) is 2.26. The van der Waals surface area contributed by atoms with E-state index < -0.39 is 0 Å². The first-order chi connectivity index (χ1) is 27.4. The number of para-hydroxylation sites is 3. The zero-order valence-corrected chi connectivity index (χ0v) is 34.9. The maximum absolute atomic E-state index is 6.83. The number of hydrogen-bond donors (Lipinski definition) is 0. The number of pyridine rings is 1. The van der Waals surface area contributed by atoms with E-state index in [9.17, 15) is 0 Å². The Balaban J connectivity index is 0.00000422. The molecule has 2 aromatic heterocycles. The minimum atomic E-state index is -0.0233. The number of ether oxygens (including phenoxy) is 1. The van der Waals surface area contributed by atoms with Gasteiger partial charge in [-0.05, 0) is 104 Å². The molecule has 0 atom stereocenters. The molecule has 5 nitrogen and oxygen atoms in total. The van der Waals surface area contributed by atoms with Crippen LogP contribution in [0.3, 0.4) is 0 Å². The van der Waals surface area contributed by atoms with Gasteiger partial charge in [0.05, 0.1) is 0 Å². The van der Waals surface area contributed by atoms with Crippen LogP contribution >= 0.6 is 0 Å². The Kier molecular flexibility index (Phi) is 9.53. The zero-order chi connectivity index (χ0) is 38.0. The predicted molar refractivity (Wildman–Crippen MR) is 229 cm³/mol. The maximum atomic E-state index is 6.83. The Morgan fingerprint density at radius 1 is 0.684 bits per heavy atom. The summed E-state index contributed by atoms with van der Waals surface area (Å²) >= 11 is 0. The van der Waals surface area contributed by atoms with Gasteiger partial charge in [0.2, 0.25) is 0 Å². The van der Waals surface area contributed by atoms with Crippen molar-refractivity contribution in [3.05, 3.63) is 180 Å². The number of aromatic nitrogens is 2. The standard InChI is InChI=1S/C51H43N4O.Pt/c1-34-26-35(2)50(36(3)27-34)37-28-40(54-33-53(4)46-18-10-11-19-47(46)54)31-42(29-37)56-41-20-21-44-43-16-8-9-17-45(43)55(48(44)32-41)49-30-39(22-25-52-49)51(23-12-13-24-51)38-14-6-5-7-15-38;/h5-11,14-22,25-30,33H,12-13,23-24H2,1-4H3;/q-3;. The second-order valence-corrected chi connectivity index (χ2v) is 15.6. The number of hydrogen-bond acceptors (Lipinski definition) is 4. The van der Waals surface area contributed by atoms with E-state index in [1.54, 1.807) is 0 Å². The molecule has 6 aromatic carbocycles. The summed E-state index contributed by atoms with van der Waals surface area (Å²) in [6, 6.07) is 53.0. The summed E-state index contributed by atoms with van der Waals surface area (Å²) < 4.78 is 9.09. The number of anilines is 3. The van der Waals surface area contributed by atoms with Crippen molar-refractivity contribution in [1.29, 1.82) is 0 Å². The van der Waals surface area contributed by atoms with Gasteiger partial charge in [-0.1, -0.05) is 96.7 Å². The van der Waals surface area contributed by atoms with Gasteiger partial charge in [0, 0.05) is 61.1 Å². The molecule has 0 amide bonds. The van der Waals surface area contributed by atoms with Gasteiger partial charge in [0.25, 0.3) is 0 Å². The summed E-state index contributed by atoms with van der Waals surface area (Å²) in [4.78, 5) is 9.37. The zero-order valence-electron chi connectivity index (χ0n) is 32.6. The van der Waals surface area contributed by atoms with Crippen LogP contribution in [0.15, 0.2) is 134 Å². The summed E-state index contributed by atoms with van der Waals surface area (Å²) in [5.74, 6) is 2.13. The Bertz CT molecular complexity index is 2760. The summed E-state index contributed by atoms with van der Waals surface area (Å²) in [6.45, 7) is 8.65. The van der Waals surface area contributed by atoms with E-state index in [-0.39, 0.29) is 26.5 Å². The van der Waals surface area contributed by atoms with E-state index in [0.717, 1.165) is 63.1 Å². The van der Waals surface area contributed by atoms with Crippen molar-refractivity contribution in [2.24, 2.45) is 0 Å². The van der Waals surface area contributed by atoms with Crippen molar-refractivity contribution >= 4 is 38.9 Å². The van der Waals surface area contributed by atoms with E-state index >= 15 is 0 Å². The normalized spacial score (nSPS) is 14.6. The van der Waals surface area contributed by atoms with Crippen molar-refractivity contribution in [3.8, 4) is 28.4 Å². The van der Waals surface area contributed by atoms with Gasteiger partial charge < -0.3 is 19.1 Å². The molecule has 3 heterocycles. The van der Waals surface area contributed by atoms with Crippen molar-refractivity contribution in [2.45, 2.75) is 51.9 Å². The Morgan fingerprint density at radius 3 is 2.19 bits per heavy atom.